The minimum atomic E-state index is -3.65. The molecule has 1 aliphatic heterocycles. The highest BCUT2D eigenvalue weighted by atomic mass is 79.9. The van der Waals surface area contributed by atoms with E-state index in [1.807, 2.05) is 13.8 Å². The second kappa shape index (κ2) is 9.45. The summed E-state index contributed by atoms with van der Waals surface area (Å²) in [5, 5.41) is 2.60. The molecule has 1 amide bonds. The third kappa shape index (κ3) is 5.01. The van der Waals surface area contributed by atoms with Crippen molar-refractivity contribution in [2.24, 2.45) is 5.92 Å². The number of rotatable bonds is 6. The highest BCUT2D eigenvalue weighted by Gasteiger charge is 2.32. The number of hydrogen-bond acceptors (Lipinski definition) is 4. The van der Waals surface area contributed by atoms with Crippen LogP contribution >= 0.6 is 15.9 Å². The maximum Gasteiger partial charge on any atom is 0.243 e. The van der Waals surface area contributed by atoms with Gasteiger partial charge in [-0.05, 0) is 68.7 Å². The highest BCUT2D eigenvalue weighted by molar-refractivity contribution is 9.10. The van der Waals surface area contributed by atoms with Gasteiger partial charge in [-0.25, -0.2) is 12.8 Å². The molecule has 9 heteroatoms. The molecule has 6 nitrogen and oxygen atoms in total. The summed E-state index contributed by atoms with van der Waals surface area (Å²) in [6, 6.07) is 9.23. The summed E-state index contributed by atoms with van der Waals surface area (Å²) in [5.74, 6) is -0.539. The predicted octanol–water partition coefficient (Wildman–Crippen LogP) is 4.33. The molecule has 2 aromatic carbocycles. The lowest BCUT2D eigenvalue weighted by molar-refractivity contribution is -0.120. The van der Waals surface area contributed by atoms with Crippen molar-refractivity contribution >= 4 is 37.5 Å². The minimum absolute atomic E-state index is 0.114. The van der Waals surface area contributed by atoms with Gasteiger partial charge < -0.3 is 10.1 Å². The number of anilines is 1. The fourth-order valence-corrected chi connectivity index (χ4v) is 5.32. The van der Waals surface area contributed by atoms with E-state index in [4.69, 9.17) is 4.74 Å². The van der Waals surface area contributed by atoms with Crippen LogP contribution in [0.25, 0.3) is 0 Å². The van der Waals surface area contributed by atoms with Gasteiger partial charge in [-0.15, -0.1) is 0 Å². The summed E-state index contributed by atoms with van der Waals surface area (Å²) in [7, 11) is -3.65. The third-order valence-corrected chi connectivity index (χ3v) is 7.49. The summed E-state index contributed by atoms with van der Waals surface area (Å²) in [6.45, 7) is 4.65. The Morgan fingerprint density at radius 2 is 1.93 bits per heavy atom. The number of benzene rings is 2. The molecule has 0 unspecified atom stereocenters. The number of piperidine rings is 1. The van der Waals surface area contributed by atoms with Crippen molar-refractivity contribution in [3.8, 4) is 5.75 Å². The second-order valence-electron chi connectivity index (χ2n) is 7.15. The first-order valence-electron chi connectivity index (χ1n) is 9.72. The van der Waals surface area contributed by atoms with Crippen LogP contribution < -0.4 is 10.1 Å². The molecule has 0 bridgehead atoms. The van der Waals surface area contributed by atoms with Gasteiger partial charge in [0.15, 0.2) is 0 Å². The molecule has 0 atom stereocenters. The Balaban J connectivity index is 1.64. The summed E-state index contributed by atoms with van der Waals surface area (Å²) in [5.41, 5.74) is 0.867. The first kappa shape index (κ1) is 22.7. The van der Waals surface area contributed by atoms with Crippen LogP contribution in [-0.2, 0) is 14.8 Å². The van der Waals surface area contributed by atoms with Crippen LogP contribution in [0.4, 0.5) is 10.1 Å². The minimum Gasteiger partial charge on any atom is -0.494 e. The molecular weight excluding hydrogens is 475 g/mol. The van der Waals surface area contributed by atoms with Crippen molar-refractivity contribution in [3.63, 3.8) is 0 Å². The lowest BCUT2D eigenvalue weighted by atomic mass is 9.97. The van der Waals surface area contributed by atoms with Crippen molar-refractivity contribution in [2.75, 3.05) is 25.0 Å². The maximum atomic E-state index is 14.0. The summed E-state index contributed by atoms with van der Waals surface area (Å²) < 4.78 is 47.4. The van der Waals surface area contributed by atoms with E-state index in [-0.39, 0.29) is 35.5 Å². The van der Waals surface area contributed by atoms with Gasteiger partial charge in [0, 0.05) is 23.5 Å². The fourth-order valence-electron chi connectivity index (χ4n) is 3.43. The quantitative estimate of drug-likeness (QED) is 0.642. The van der Waals surface area contributed by atoms with Crippen molar-refractivity contribution < 1.29 is 22.3 Å². The van der Waals surface area contributed by atoms with E-state index in [2.05, 4.69) is 21.2 Å². The largest absolute Gasteiger partial charge is 0.494 e. The van der Waals surface area contributed by atoms with E-state index in [0.29, 0.717) is 29.7 Å². The number of halogens is 2. The Labute approximate surface area is 184 Å². The van der Waals surface area contributed by atoms with Crippen molar-refractivity contribution in [1.82, 2.24) is 4.31 Å². The first-order valence-corrected chi connectivity index (χ1v) is 11.9. The van der Waals surface area contributed by atoms with E-state index in [0.717, 1.165) is 5.56 Å². The van der Waals surface area contributed by atoms with Crippen LogP contribution in [0, 0.1) is 18.7 Å². The number of amides is 1. The molecule has 2 aromatic rings. The number of carbonyl (C=O) groups excluding carboxylic acids is 1. The first-order chi connectivity index (χ1) is 14.2. The van der Waals surface area contributed by atoms with Crippen molar-refractivity contribution in [1.29, 1.82) is 0 Å². The molecule has 1 aliphatic rings. The van der Waals surface area contributed by atoms with Gasteiger partial charge in [0.25, 0.3) is 0 Å². The molecule has 162 valence electrons. The zero-order valence-corrected chi connectivity index (χ0v) is 19.2. The molecule has 0 aliphatic carbocycles. The fraction of sp³-hybridized carbons (Fsp3) is 0.381. The smallest absolute Gasteiger partial charge is 0.243 e. The molecule has 1 heterocycles. The number of carbonyl (C=O) groups is 1. The van der Waals surface area contributed by atoms with Gasteiger partial charge in [0.1, 0.15) is 11.6 Å². The molecule has 3 rings (SSSR count). The average molecular weight is 499 g/mol. The number of aryl methyl sites for hydroxylation is 1. The predicted molar refractivity (Wildman–Crippen MR) is 117 cm³/mol. The van der Waals surface area contributed by atoms with Gasteiger partial charge in [-0.1, -0.05) is 15.9 Å². The molecule has 0 spiro atoms. The second-order valence-corrected chi connectivity index (χ2v) is 10.0. The summed E-state index contributed by atoms with van der Waals surface area (Å²) >= 11 is 3.18. The van der Waals surface area contributed by atoms with Crippen LogP contribution in [0.2, 0.25) is 0 Å². The monoisotopic (exact) mass is 498 g/mol. The van der Waals surface area contributed by atoms with Crippen LogP contribution in [-0.4, -0.2) is 38.3 Å². The molecular formula is C21H24BrFN2O4S. The maximum absolute atomic E-state index is 14.0. The van der Waals surface area contributed by atoms with E-state index in [1.165, 1.54) is 16.4 Å². The zero-order valence-electron chi connectivity index (χ0n) is 16.8. The van der Waals surface area contributed by atoms with Crippen molar-refractivity contribution in [3.05, 3.63) is 52.3 Å². The molecule has 0 aromatic heterocycles. The Bertz CT molecular complexity index is 1040. The number of nitrogens with zero attached hydrogens (tertiary/aromatic N) is 1. The van der Waals surface area contributed by atoms with Crippen LogP contribution in [0.5, 0.6) is 5.75 Å². The molecule has 1 fully saturated rings. The van der Waals surface area contributed by atoms with E-state index >= 15 is 0 Å². The van der Waals surface area contributed by atoms with Crippen molar-refractivity contribution in [2.45, 2.75) is 31.6 Å². The lowest BCUT2D eigenvalue weighted by Crippen LogP contribution is -2.41. The van der Waals surface area contributed by atoms with Gasteiger partial charge >= 0.3 is 0 Å². The van der Waals surface area contributed by atoms with E-state index in [9.17, 15) is 17.6 Å². The Morgan fingerprint density at radius 3 is 2.53 bits per heavy atom. The standard InChI is InChI=1S/C21H24BrFN2O4S/c1-3-29-20-7-5-17(12-14(20)2)30(27,28)25-10-8-15(9-11-25)21(26)24-19-6-4-16(22)13-18(19)23/h4-7,12-13,15H,3,8-11H2,1-2H3,(H,24,26). The van der Waals surface area contributed by atoms with Gasteiger partial charge in [0.05, 0.1) is 17.2 Å². The van der Waals surface area contributed by atoms with Gasteiger partial charge in [-0.3, -0.25) is 4.79 Å². The zero-order chi connectivity index (χ0) is 21.9. The molecule has 1 N–H and O–H groups in total. The van der Waals surface area contributed by atoms with Gasteiger partial charge in [0.2, 0.25) is 15.9 Å². The number of ether oxygens (including phenoxy) is 1. The Kier molecular flexibility index (Phi) is 7.15. The normalized spacial score (nSPS) is 15.7. The van der Waals surface area contributed by atoms with Crippen LogP contribution in [0.3, 0.4) is 0 Å². The van der Waals surface area contributed by atoms with E-state index in [1.54, 1.807) is 24.3 Å². The molecule has 30 heavy (non-hydrogen) atoms. The number of nitrogens with one attached hydrogen (secondary N) is 1. The molecule has 1 saturated heterocycles. The van der Waals surface area contributed by atoms with Crippen LogP contribution in [0.1, 0.15) is 25.3 Å². The lowest BCUT2D eigenvalue weighted by Gasteiger charge is -2.30. The molecule has 0 radical (unpaired) electrons. The third-order valence-electron chi connectivity index (χ3n) is 5.10. The SMILES string of the molecule is CCOc1ccc(S(=O)(=O)N2CCC(C(=O)Nc3ccc(Br)cc3F)CC2)cc1C. The number of sulfonamides is 1. The highest BCUT2D eigenvalue weighted by Crippen LogP contribution is 2.28. The topological polar surface area (TPSA) is 75.7 Å². The molecule has 0 saturated carbocycles. The van der Waals surface area contributed by atoms with Gasteiger partial charge in [-0.2, -0.15) is 4.31 Å². The Hall–Kier alpha value is -1.97. The number of hydrogen-bond donors (Lipinski definition) is 1. The van der Waals surface area contributed by atoms with E-state index < -0.39 is 15.8 Å². The average Bonchev–Trinajstić information content (AvgIpc) is 2.71. The summed E-state index contributed by atoms with van der Waals surface area (Å²) in [4.78, 5) is 12.7. The Morgan fingerprint density at radius 1 is 1.23 bits per heavy atom. The van der Waals surface area contributed by atoms with Crippen LogP contribution in [0.15, 0.2) is 45.8 Å². The summed E-state index contributed by atoms with van der Waals surface area (Å²) in [6.07, 6.45) is 0.748.